The highest BCUT2D eigenvalue weighted by atomic mass is 19.1. The minimum absolute atomic E-state index is 0.181. The highest BCUT2D eigenvalue weighted by Crippen LogP contribution is 2.14. The molecule has 0 amide bonds. The summed E-state index contributed by atoms with van der Waals surface area (Å²) in [6.07, 6.45) is 0. The normalized spacial score (nSPS) is 10.1. The molecule has 0 spiro atoms. The smallest absolute Gasteiger partial charge is 0.193 e. The Morgan fingerprint density at radius 1 is 0.400 bits per heavy atom. The van der Waals surface area contributed by atoms with Gasteiger partial charge >= 0.3 is 0 Å². The summed E-state index contributed by atoms with van der Waals surface area (Å²) in [5.41, 5.74) is 4.94. The van der Waals surface area contributed by atoms with Crippen LogP contribution in [0.1, 0.15) is 54.1 Å². The molecule has 0 aliphatic carbocycles. The van der Waals surface area contributed by atoms with Crippen LogP contribution in [0.2, 0.25) is 0 Å². The summed E-state index contributed by atoms with van der Waals surface area (Å²) >= 11 is 0. The summed E-state index contributed by atoms with van der Waals surface area (Å²) in [5, 5.41) is 0. The molecule has 0 fully saturated rings. The Morgan fingerprint density at radius 3 is 1.05 bits per heavy atom. The maximum atomic E-state index is 13.1. The summed E-state index contributed by atoms with van der Waals surface area (Å²) in [6.45, 7) is 0. The minimum Gasteiger partial charge on any atom is -0.289 e. The zero-order valence-corrected chi connectivity index (χ0v) is 21.1. The van der Waals surface area contributed by atoms with Crippen molar-refractivity contribution in [2.24, 2.45) is 0 Å². The molecule has 0 bridgehead atoms. The Morgan fingerprint density at radius 2 is 0.700 bits per heavy atom. The summed E-state index contributed by atoms with van der Waals surface area (Å²) in [4.78, 5) is 25.1. The fourth-order valence-electron chi connectivity index (χ4n) is 3.91. The third-order valence-electron chi connectivity index (χ3n) is 6.07. The first-order valence-corrected chi connectivity index (χ1v) is 12.4. The second-order valence-electron chi connectivity index (χ2n) is 8.91. The van der Waals surface area contributed by atoms with Crippen molar-refractivity contribution in [3.63, 3.8) is 0 Å². The van der Waals surface area contributed by atoms with E-state index in [1.807, 2.05) is 24.3 Å². The number of rotatable bonds is 4. The maximum Gasteiger partial charge on any atom is 0.193 e. The van der Waals surface area contributed by atoms with Gasteiger partial charge in [-0.15, -0.1) is 0 Å². The van der Waals surface area contributed by atoms with E-state index in [9.17, 15) is 18.4 Å². The molecule has 40 heavy (non-hydrogen) atoms. The standard InChI is InChI=1S/C36H20F2O2/c37-33-20-16-31(17-21-33)35(39)29-12-8-25(9-13-29)4-6-27-2-1-3-28(24-27)7-5-26-10-14-30(15-11-26)36(40)32-18-22-34(38)23-19-32/h1-3,8-24H. The molecule has 190 valence electrons. The summed E-state index contributed by atoms with van der Waals surface area (Å²) in [6, 6.07) is 32.4. The van der Waals surface area contributed by atoms with Gasteiger partial charge < -0.3 is 0 Å². The van der Waals surface area contributed by atoms with Gasteiger partial charge in [-0.2, -0.15) is 0 Å². The Hall–Kier alpha value is -5.58. The molecule has 5 aromatic rings. The largest absolute Gasteiger partial charge is 0.289 e. The fourth-order valence-corrected chi connectivity index (χ4v) is 3.91. The zero-order chi connectivity index (χ0) is 27.9. The Bertz CT molecular complexity index is 1680. The van der Waals surface area contributed by atoms with Crippen molar-refractivity contribution in [2.45, 2.75) is 0 Å². The Labute approximate surface area is 231 Å². The van der Waals surface area contributed by atoms with Crippen LogP contribution in [0.25, 0.3) is 0 Å². The molecule has 0 saturated heterocycles. The van der Waals surface area contributed by atoms with Crippen molar-refractivity contribution < 1.29 is 18.4 Å². The number of hydrogen-bond donors (Lipinski definition) is 0. The van der Waals surface area contributed by atoms with Crippen molar-refractivity contribution in [1.29, 1.82) is 0 Å². The van der Waals surface area contributed by atoms with E-state index >= 15 is 0 Å². The molecule has 5 aromatic carbocycles. The van der Waals surface area contributed by atoms with Gasteiger partial charge in [-0.3, -0.25) is 9.59 Å². The van der Waals surface area contributed by atoms with Crippen LogP contribution in [0.3, 0.4) is 0 Å². The number of halogens is 2. The molecule has 0 aromatic heterocycles. The van der Waals surface area contributed by atoms with E-state index in [2.05, 4.69) is 23.7 Å². The molecule has 0 atom stereocenters. The number of benzene rings is 5. The van der Waals surface area contributed by atoms with Gasteiger partial charge in [0.1, 0.15) is 11.6 Å². The van der Waals surface area contributed by atoms with E-state index in [1.165, 1.54) is 48.5 Å². The molecule has 0 N–H and O–H groups in total. The highest BCUT2D eigenvalue weighted by molar-refractivity contribution is 6.09. The fraction of sp³-hybridized carbons (Fsp3) is 0. The Balaban J connectivity index is 1.25. The first kappa shape index (κ1) is 26.0. The van der Waals surface area contributed by atoms with Gasteiger partial charge in [0.25, 0.3) is 0 Å². The topological polar surface area (TPSA) is 34.1 Å². The summed E-state index contributed by atoms with van der Waals surface area (Å²) in [5.74, 6) is 11.3. The number of hydrogen-bond acceptors (Lipinski definition) is 2. The van der Waals surface area contributed by atoms with E-state index in [0.717, 1.165) is 22.3 Å². The lowest BCUT2D eigenvalue weighted by atomic mass is 10.0. The van der Waals surface area contributed by atoms with Gasteiger partial charge in [-0.1, -0.05) is 29.7 Å². The molecule has 0 aliphatic rings. The molecular weight excluding hydrogens is 502 g/mol. The third-order valence-corrected chi connectivity index (χ3v) is 6.07. The average molecular weight is 523 g/mol. The highest BCUT2D eigenvalue weighted by Gasteiger charge is 2.09. The Kier molecular flexibility index (Phi) is 7.72. The van der Waals surface area contributed by atoms with E-state index in [-0.39, 0.29) is 23.2 Å². The van der Waals surface area contributed by atoms with Gasteiger partial charge in [-0.25, -0.2) is 8.78 Å². The molecular formula is C36H20F2O2. The third kappa shape index (κ3) is 6.45. The molecule has 0 saturated carbocycles. The maximum absolute atomic E-state index is 13.1. The first-order valence-electron chi connectivity index (χ1n) is 12.4. The van der Waals surface area contributed by atoms with Crippen LogP contribution < -0.4 is 0 Å². The van der Waals surface area contributed by atoms with E-state index in [4.69, 9.17) is 0 Å². The number of carbonyl (C=O) groups excluding carboxylic acids is 2. The van der Waals surface area contributed by atoms with Crippen LogP contribution in [0.15, 0.2) is 121 Å². The SMILES string of the molecule is O=C(c1ccc(F)cc1)c1ccc(C#Cc2cccc(C#Cc3ccc(C(=O)c4ccc(F)cc4)cc3)c2)cc1. The summed E-state index contributed by atoms with van der Waals surface area (Å²) < 4.78 is 26.2. The zero-order valence-electron chi connectivity index (χ0n) is 21.1. The predicted octanol–water partition coefficient (Wildman–Crippen LogP) is 7.23. The first-order chi connectivity index (χ1) is 19.4. The van der Waals surface area contributed by atoms with Crippen LogP contribution in [-0.2, 0) is 0 Å². The average Bonchev–Trinajstić information content (AvgIpc) is 3.00. The van der Waals surface area contributed by atoms with Gasteiger partial charge in [0.05, 0.1) is 0 Å². The van der Waals surface area contributed by atoms with Gasteiger partial charge in [0, 0.05) is 44.5 Å². The predicted molar refractivity (Wildman–Crippen MR) is 151 cm³/mol. The molecule has 0 unspecified atom stereocenters. The number of ketones is 2. The van der Waals surface area contributed by atoms with Crippen molar-refractivity contribution in [3.05, 3.63) is 177 Å². The van der Waals surface area contributed by atoms with Crippen molar-refractivity contribution >= 4 is 11.6 Å². The monoisotopic (exact) mass is 522 g/mol. The van der Waals surface area contributed by atoms with Gasteiger partial charge in [0.2, 0.25) is 0 Å². The lowest BCUT2D eigenvalue weighted by Gasteiger charge is -2.01. The van der Waals surface area contributed by atoms with Crippen LogP contribution in [0, 0.1) is 35.3 Å². The molecule has 2 nitrogen and oxygen atoms in total. The lowest BCUT2D eigenvalue weighted by Crippen LogP contribution is -2.01. The molecule has 0 aliphatic heterocycles. The minimum atomic E-state index is -0.386. The molecule has 5 rings (SSSR count). The van der Waals surface area contributed by atoms with Crippen LogP contribution in [0.5, 0.6) is 0 Å². The number of carbonyl (C=O) groups is 2. The van der Waals surface area contributed by atoms with E-state index < -0.39 is 0 Å². The van der Waals surface area contributed by atoms with Crippen LogP contribution in [-0.4, -0.2) is 11.6 Å². The van der Waals surface area contributed by atoms with E-state index in [0.29, 0.717) is 22.3 Å². The van der Waals surface area contributed by atoms with Crippen molar-refractivity contribution in [2.75, 3.05) is 0 Å². The van der Waals surface area contributed by atoms with Crippen LogP contribution >= 0.6 is 0 Å². The lowest BCUT2D eigenvalue weighted by molar-refractivity contribution is 0.103. The quantitative estimate of drug-likeness (QED) is 0.184. The second kappa shape index (κ2) is 11.9. The van der Waals surface area contributed by atoms with Crippen molar-refractivity contribution in [1.82, 2.24) is 0 Å². The summed E-state index contributed by atoms with van der Waals surface area (Å²) in [7, 11) is 0. The molecule has 4 heteroatoms. The molecule has 0 heterocycles. The van der Waals surface area contributed by atoms with Gasteiger partial charge in [0.15, 0.2) is 11.6 Å². The van der Waals surface area contributed by atoms with Gasteiger partial charge in [-0.05, 0) is 115 Å². The molecule has 0 radical (unpaired) electrons. The second-order valence-corrected chi connectivity index (χ2v) is 8.91. The van der Waals surface area contributed by atoms with Crippen molar-refractivity contribution in [3.8, 4) is 23.7 Å². The van der Waals surface area contributed by atoms with Crippen LogP contribution in [0.4, 0.5) is 8.78 Å². The van der Waals surface area contributed by atoms with E-state index in [1.54, 1.807) is 48.5 Å².